The summed E-state index contributed by atoms with van der Waals surface area (Å²) in [6.45, 7) is 5.00. The van der Waals surface area contributed by atoms with Crippen LogP contribution in [0.15, 0.2) is 0 Å². The molecule has 0 aromatic carbocycles. The van der Waals surface area contributed by atoms with E-state index in [4.69, 9.17) is 0 Å². The van der Waals surface area contributed by atoms with E-state index in [1.807, 2.05) is 18.7 Å². The lowest BCUT2D eigenvalue weighted by Gasteiger charge is -2.35. The van der Waals surface area contributed by atoms with Crippen molar-refractivity contribution in [2.75, 3.05) is 31.6 Å². The molecule has 2 aliphatic heterocycles. The first-order valence-electron chi connectivity index (χ1n) is 7.97. The maximum Gasteiger partial charge on any atom is 0.225 e. The molecule has 0 N–H and O–H groups in total. The van der Waals surface area contributed by atoms with Crippen LogP contribution in [0.3, 0.4) is 0 Å². The van der Waals surface area contributed by atoms with Crippen LogP contribution in [-0.4, -0.2) is 67.7 Å². The lowest BCUT2D eigenvalue weighted by molar-refractivity contribution is -0.142. The molecule has 2 heterocycles. The first-order valence-corrected chi connectivity index (χ1v) is 9.79. The smallest absolute Gasteiger partial charge is 0.225 e. The second-order valence-corrected chi connectivity index (χ2v) is 8.99. The van der Waals surface area contributed by atoms with Gasteiger partial charge in [-0.3, -0.25) is 9.59 Å². The fourth-order valence-corrected chi connectivity index (χ4v) is 5.04. The minimum Gasteiger partial charge on any atom is -0.342 e. The van der Waals surface area contributed by atoms with E-state index in [1.54, 1.807) is 11.9 Å². The molecule has 0 aromatic rings. The average Bonchev–Trinajstić information content (AvgIpc) is 2.85. The van der Waals surface area contributed by atoms with Crippen LogP contribution in [0.2, 0.25) is 0 Å². The minimum atomic E-state index is -2.98. The van der Waals surface area contributed by atoms with Crippen molar-refractivity contribution in [3.63, 3.8) is 0 Å². The predicted octanol–water partition coefficient (Wildman–Crippen LogP) is 0.527. The van der Waals surface area contributed by atoms with Gasteiger partial charge in [-0.1, -0.05) is 13.8 Å². The summed E-state index contributed by atoms with van der Waals surface area (Å²) in [6.07, 6.45) is 1.87. The highest BCUT2D eigenvalue weighted by Crippen LogP contribution is 2.24. The molecule has 1 atom stereocenters. The monoisotopic (exact) mass is 330 g/mol. The number of piperidine rings is 1. The van der Waals surface area contributed by atoms with Gasteiger partial charge in [0.25, 0.3) is 0 Å². The molecule has 22 heavy (non-hydrogen) atoms. The third-order valence-corrected chi connectivity index (χ3v) is 6.50. The zero-order chi connectivity index (χ0) is 16.5. The number of sulfone groups is 1. The molecule has 0 radical (unpaired) electrons. The molecule has 1 unspecified atom stereocenters. The zero-order valence-electron chi connectivity index (χ0n) is 13.6. The van der Waals surface area contributed by atoms with Crippen LogP contribution in [0.1, 0.15) is 33.1 Å². The van der Waals surface area contributed by atoms with Gasteiger partial charge in [-0.15, -0.1) is 0 Å². The van der Waals surface area contributed by atoms with E-state index >= 15 is 0 Å². The predicted molar refractivity (Wildman–Crippen MR) is 84.0 cm³/mol. The van der Waals surface area contributed by atoms with E-state index < -0.39 is 9.84 Å². The summed E-state index contributed by atoms with van der Waals surface area (Å²) in [7, 11) is -1.27. The Kier molecular flexibility index (Phi) is 5.14. The molecule has 0 aliphatic carbocycles. The van der Waals surface area contributed by atoms with Crippen LogP contribution in [0, 0.1) is 11.8 Å². The molecule has 0 aromatic heterocycles. The number of nitrogens with zero attached hydrogens (tertiary/aromatic N) is 2. The van der Waals surface area contributed by atoms with E-state index in [0.29, 0.717) is 32.4 Å². The van der Waals surface area contributed by atoms with Crippen LogP contribution < -0.4 is 0 Å². The SMILES string of the molecule is CC(C)C(=O)N1CCC(C(=O)N(C)C2CCS(=O)(=O)C2)CC1. The molecular weight excluding hydrogens is 304 g/mol. The first-order chi connectivity index (χ1) is 10.2. The molecule has 0 bridgehead atoms. The van der Waals surface area contributed by atoms with Gasteiger partial charge in [-0.25, -0.2) is 8.42 Å². The van der Waals surface area contributed by atoms with E-state index in [-0.39, 0.29) is 41.2 Å². The number of hydrogen-bond donors (Lipinski definition) is 0. The van der Waals surface area contributed by atoms with E-state index in [0.717, 1.165) is 0 Å². The molecular formula is C15H26N2O4S. The van der Waals surface area contributed by atoms with E-state index in [1.165, 1.54) is 0 Å². The van der Waals surface area contributed by atoms with Crippen molar-refractivity contribution < 1.29 is 18.0 Å². The summed E-state index contributed by atoms with van der Waals surface area (Å²) in [4.78, 5) is 27.9. The standard InChI is InChI=1S/C15H26N2O4S/c1-11(2)14(18)17-7-4-12(5-8-17)15(19)16(3)13-6-9-22(20,21)10-13/h11-13H,4-10H2,1-3H3. The Labute approximate surface area is 132 Å². The number of carbonyl (C=O) groups is 2. The number of amides is 2. The number of rotatable bonds is 3. The Morgan fingerprint density at radius 1 is 1.14 bits per heavy atom. The highest BCUT2D eigenvalue weighted by Gasteiger charge is 2.36. The molecule has 2 aliphatic rings. The van der Waals surface area contributed by atoms with Gasteiger partial charge in [0.2, 0.25) is 11.8 Å². The van der Waals surface area contributed by atoms with Crippen LogP contribution in [0.5, 0.6) is 0 Å². The van der Waals surface area contributed by atoms with Gasteiger partial charge >= 0.3 is 0 Å². The van der Waals surface area contributed by atoms with Crippen LogP contribution in [0.25, 0.3) is 0 Å². The second-order valence-electron chi connectivity index (χ2n) is 6.76. The van der Waals surface area contributed by atoms with Crippen LogP contribution in [0.4, 0.5) is 0 Å². The third-order valence-electron chi connectivity index (χ3n) is 4.75. The maximum absolute atomic E-state index is 12.5. The van der Waals surface area contributed by atoms with Gasteiger partial charge in [-0.2, -0.15) is 0 Å². The molecule has 2 rings (SSSR count). The largest absolute Gasteiger partial charge is 0.342 e. The van der Waals surface area contributed by atoms with Crippen molar-refractivity contribution >= 4 is 21.7 Å². The molecule has 2 amide bonds. The van der Waals surface area contributed by atoms with E-state index in [2.05, 4.69) is 0 Å². The van der Waals surface area contributed by atoms with Gasteiger partial charge in [-0.05, 0) is 19.3 Å². The van der Waals surface area contributed by atoms with Gasteiger partial charge in [0.05, 0.1) is 11.5 Å². The van der Waals surface area contributed by atoms with Crippen LogP contribution >= 0.6 is 0 Å². The first kappa shape index (κ1) is 17.2. The summed E-state index contributed by atoms with van der Waals surface area (Å²) in [5, 5.41) is 0. The Balaban J connectivity index is 1.88. The summed E-state index contributed by atoms with van der Waals surface area (Å²) >= 11 is 0. The lowest BCUT2D eigenvalue weighted by atomic mass is 9.94. The summed E-state index contributed by atoms with van der Waals surface area (Å²) in [6, 6.07) is -0.187. The zero-order valence-corrected chi connectivity index (χ0v) is 14.4. The fraction of sp³-hybridized carbons (Fsp3) is 0.867. The number of likely N-dealkylation sites (tertiary alicyclic amines) is 1. The molecule has 2 fully saturated rings. The van der Waals surface area contributed by atoms with Gasteiger partial charge in [0.1, 0.15) is 0 Å². The van der Waals surface area contributed by atoms with Crippen LogP contribution in [-0.2, 0) is 19.4 Å². The molecule has 6 nitrogen and oxygen atoms in total. The highest BCUT2D eigenvalue weighted by molar-refractivity contribution is 7.91. The Bertz CT molecular complexity index is 536. The average molecular weight is 330 g/mol. The number of carbonyl (C=O) groups excluding carboxylic acids is 2. The maximum atomic E-state index is 12.5. The van der Waals surface area contributed by atoms with Crippen molar-refractivity contribution in [3.8, 4) is 0 Å². The van der Waals surface area contributed by atoms with Gasteiger partial charge < -0.3 is 9.80 Å². The van der Waals surface area contributed by atoms with Gasteiger partial charge in [0.15, 0.2) is 9.84 Å². The quantitative estimate of drug-likeness (QED) is 0.756. The molecule has 7 heteroatoms. The summed E-state index contributed by atoms with van der Waals surface area (Å²) < 4.78 is 23.1. The molecule has 126 valence electrons. The molecule has 2 saturated heterocycles. The summed E-state index contributed by atoms with van der Waals surface area (Å²) in [5.41, 5.74) is 0. The third kappa shape index (κ3) is 3.80. The van der Waals surface area contributed by atoms with Crippen molar-refractivity contribution in [2.45, 2.75) is 39.2 Å². The van der Waals surface area contributed by atoms with Crippen molar-refractivity contribution in [1.29, 1.82) is 0 Å². The Morgan fingerprint density at radius 2 is 1.73 bits per heavy atom. The topological polar surface area (TPSA) is 74.8 Å². The van der Waals surface area contributed by atoms with E-state index in [9.17, 15) is 18.0 Å². The van der Waals surface area contributed by atoms with Crippen molar-refractivity contribution in [1.82, 2.24) is 9.80 Å². The second kappa shape index (κ2) is 6.56. The molecule has 0 saturated carbocycles. The van der Waals surface area contributed by atoms with Crippen molar-refractivity contribution in [2.24, 2.45) is 11.8 Å². The fourth-order valence-electron chi connectivity index (χ4n) is 3.26. The highest BCUT2D eigenvalue weighted by atomic mass is 32.2. The minimum absolute atomic E-state index is 0.0152. The van der Waals surface area contributed by atoms with Gasteiger partial charge in [0, 0.05) is 38.0 Å². The summed E-state index contributed by atoms with van der Waals surface area (Å²) in [5.74, 6) is 0.319. The Morgan fingerprint density at radius 3 is 2.18 bits per heavy atom. The normalized spacial score (nSPS) is 25.5. The van der Waals surface area contributed by atoms with Crippen molar-refractivity contribution in [3.05, 3.63) is 0 Å². The lowest BCUT2D eigenvalue weighted by Crippen LogP contribution is -2.47. The number of hydrogen-bond acceptors (Lipinski definition) is 4. The molecule has 0 spiro atoms. The Hall–Kier alpha value is -1.11.